The third-order valence-corrected chi connectivity index (χ3v) is 6.13. The minimum absolute atomic E-state index is 0.0314. The number of hydrogen-bond donors (Lipinski definition) is 0. The molecular weight excluding hydrogens is 382 g/mol. The van der Waals surface area contributed by atoms with E-state index >= 15 is 0 Å². The number of amides is 1. The Labute approximate surface area is 175 Å². The van der Waals surface area contributed by atoms with Gasteiger partial charge in [-0.15, -0.1) is 0 Å². The van der Waals surface area contributed by atoms with E-state index in [2.05, 4.69) is 0 Å². The van der Waals surface area contributed by atoms with Gasteiger partial charge in [-0.3, -0.25) is 14.2 Å². The zero-order valence-electron chi connectivity index (χ0n) is 17.3. The molecule has 0 aliphatic rings. The van der Waals surface area contributed by atoms with Crippen LogP contribution in [0.4, 0.5) is 0 Å². The van der Waals surface area contributed by atoms with Gasteiger partial charge in [-0.05, 0) is 45.4 Å². The predicted octanol–water partition coefficient (Wildman–Crippen LogP) is 4.68. The maximum Gasteiger partial charge on any atom is 0.262 e. The Morgan fingerprint density at radius 3 is 2.28 bits per heavy atom. The standard InChI is InChI=1S/C23H27N3O2S/c1-5-25(6-2)22(28)20(17-12-8-7-9-13-17)29-23-24-19-15-11-10-14-18(19)21(27)26(23)16(3)4/h7-16,20H,5-6H2,1-4H3. The largest absolute Gasteiger partial charge is 0.342 e. The molecule has 1 atom stereocenters. The van der Waals surface area contributed by atoms with Crippen LogP contribution in [0.1, 0.15) is 44.6 Å². The quantitative estimate of drug-likeness (QED) is 0.420. The molecule has 0 fully saturated rings. The Kier molecular flexibility index (Phi) is 6.75. The van der Waals surface area contributed by atoms with Crippen LogP contribution in [0.3, 0.4) is 0 Å². The molecule has 1 amide bonds. The van der Waals surface area contributed by atoms with Gasteiger partial charge in [0, 0.05) is 19.1 Å². The molecule has 0 saturated carbocycles. The lowest BCUT2D eigenvalue weighted by molar-refractivity contribution is -0.130. The van der Waals surface area contributed by atoms with Gasteiger partial charge in [0.2, 0.25) is 5.91 Å². The summed E-state index contributed by atoms with van der Waals surface area (Å²) in [5.41, 5.74) is 1.49. The summed E-state index contributed by atoms with van der Waals surface area (Å²) in [7, 11) is 0. The van der Waals surface area contributed by atoms with Gasteiger partial charge in [0.1, 0.15) is 5.25 Å². The summed E-state index contributed by atoms with van der Waals surface area (Å²) in [4.78, 5) is 33.1. The molecule has 1 aromatic heterocycles. The van der Waals surface area contributed by atoms with Crippen molar-refractivity contribution in [2.24, 2.45) is 0 Å². The van der Waals surface area contributed by atoms with Crippen LogP contribution in [-0.2, 0) is 4.79 Å². The molecule has 152 valence electrons. The summed E-state index contributed by atoms with van der Waals surface area (Å²) in [6.45, 7) is 9.17. The molecule has 6 heteroatoms. The number of aromatic nitrogens is 2. The summed E-state index contributed by atoms with van der Waals surface area (Å²) >= 11 is 1.35. The minimum atomic E-state index is -0.464. The molecule has 0 saturated heterocycles. The van der Waals surface area contributed by atoms with Crippen LogP contribution < -0.4 is 5.56 Å². The fourth-order valence-corrected chi connectivity index (χ4v) is 4.67. The minimum Gasteiger partial charge on any atom is -0.342 e. The van der Waals surface area contributed by atoms with Gasteiger partial charge in [0.25, 0.3) is 5.56 Å². The highest BCUT2D eigenvalue weighted by Gasteiger charge is 2.28. The topological polar surface area (TPSA) is 55.2 Å². The van der Waals surface area contributed by atoms with Crippen molar-refractivity contribution in [1.29, 1.82) is 0 Å². The number of fused-ring (bicyclic) bond motifs is 1. The van der Waals surface area contributed by atoms with Crippen molar-refractivity contribution in [3.8, 4) is 0 Å². The molecule has 0 bridgehead atoms. The molecule has 0 aliphatic heterocycles. The van der Waals surface area contributed by atoms with E-state index in [1.807, 2.05) is 81.1 Å². The van der Waals surface area contributed by atoms with Gasteiger partial charge in [-0.25, -0.2) is 4.98 Å². The number of benzene rings is 2. The van der Waals surface area contributed by atoms with E-state index in [9.17, 15) is 9.59 Å². The lowest BCUT2D eigenvalue weighted by Gasteiger charge is -2.26. The molecule has 0 aliphatic carbocycles. The van der Waals surface area contributed by atoms with Crippen molar-refractivity contribution in [2.45, 2.75) is 44.1 Å². The molecule has 3 aromatic rings. The summed E-state index contributed by atoms with van der Waals surface area (Å²) in [6, 6.07) is 17.0. The van der Waals surface area contributed by atoms with Crippen LogP contribution in [-0.4, -0.2) is 33.4 Å². The Hall–Kier alpha value is -2.60. The first kappa shape index (κ1) is 21.1. The lowest BCUT2D eigenvalue weighted by Crippen LogP contribution is -2.34. The Balaban J connectivity index is 2.14. The van der Waals surface area contributed by atoms with E-state index in [1.165, 1.54) is 11.8 Å². The van der Waals surface area contributed by atoms with Gasteiger partial charge < -0.3 is 4.90 Å². The fourth-order valence-electron chi connectivity index (χ4n) is 3.36. The van der Waals surface area contributed by atoms with E-state index in [4.69, 9.17) is 4.98 Å². The van der Waals surface area contributed by atoms with E-state index in [0.29, 0.717) is 29.1 Å². The van der Waals surface area contributed by atoms with Gasteiger partial charge >= 0.3 is 0 Å². The van der Waals surface area contributed by atoms with Crippen molar-refractivity contribution >= 4 is 28.6 Å². The number of nitrogens with zero attached hydrogens (tertiary/aromatic N) is 3. The third kappa shape index (κ3) is 4.37. The van der Waals surface area contributed by atoms with Gasteiger partial charge in [0.05, 0.1) is 10.9 Å². The van der Waals surface area contributed by atoms with Crippen LogP contribution in [0, 0.1) is 0 Å². The SMILES string of the molecule is CCN(CC)C(=O)C(Sc1nc2ccccc2c(=O)n1C(C)C)c1ccccc1. The van der Waals surface area contributed by atoms with E-state index < -0.39 is 5.25 Å². The molecule has 1 unspecified atom stereocenters. The maximum absolute atomic E-state index is 13.3. The maximum atomic E-state index is 13.3. The molecule has 0 radical (unpaired) electrons. The molecular formula is C23H27N3O2S. The Morgan fingerprint density at radius 2 is 1.66 bits per heavy atom. The van der Waals surface area contributed by atoms with E-state index in [1.54, 1.807) is 10.6 Å². The molecule has 5 nitrogen and oxygen atoms in total. The van der Waals surface area contributed by atoms with Crippen LogP contribution in [0.25, 0.3) is 10.9 Å². The summed E-state index contributed by atoms with van der Waals surface area (Å²) in [5, 5.41) is 0.698. The highest BCUT2D eigenvalue weighted by atomic mass is 32.2. The first-order chi connectivity index (χ1) is 14.0. The van der Waals surface area contributed by atoms with Crippen molar-refractivity contribution in [3.63, 3.8) is 0 Å². The van der Waals surface area contributed by atoms with Crippen molar-refractivity contribution in [3.05, 3.63) is 70.5 Å². The van der Waals surface area contributed by atoms with Crippen LogP contribution in [0.5, 0.6) is 0 Å². The van der Waals surface area contributed by atoms with Crippen molar-refractivity contribution < 1.29 is 4.79 Å². The van der Waals surface area contributed by atoms with E-state index in [0.717, 1.165) is 5.56 Å². The highest BCUT2D eigenvalue weighted by Crippen LogP contribution is 2.36. The number of likely N-dealkylation sites (N-methyl/N-ethyl adjacent to an activating group) is 1. The zero-order chi connectivity index (χ0) is 21.0. The number of carbonyl (C=O) groups is 1. The molecule has 1 heterocycles. The summed E-state index contributed by atoms with van der Waals surface area (Å²) in [6.07, 6.45) is 0. The first-order valence-corrected chi connectivity index (χ1v) is 10.9. The molecule has 0 spiro atoms. The second kappa shape index (κ2) is 9.27. The third-order valence-electron chi connectivity index (χ3n) is 4.92. The number of para-hydroxylation sites is 1. The Bertz CT molecular complexity index is 1040. The molecule has 3 rings (SSSR count). The lowest BCUT2D eigenvalue weighted by atomic mass is 10.1. The van der Waals surface area contributed by atoms with E-state index in [-0.39, 0.29) is 17.5 Å². The molecule has 29 heavy (non-hydrogen) atoms. The number of thioether (sulfide) groups is 1. The number of rotatable bonds is 7. The normalized spacial score (nSPS) is 12.3. The average Bonchev–Trinajstić information content (AvgIpc) is 2.73. The smallest absolute Gasteiger partial charge is 0.262 e. The zero-order valence-corrected chi connectivity index (χ0v) is 18.1. The predicted molar refractivity (Wildman–Crippen MR) is 119 cm³/mol. The number of hydrogen-bond acceptors (Lipinski definition) is 4. The second-order valence-corrected chi connectivity index (χ2v) is 8.17. The van der Waals surface area contributed by atoms with Crippen molar-refractivity contribution in [2.75, 3.05) is 13.1 Å². The van der Waals surface area contributed by atoms with Gasteiger partial charge in [-0.1, -0.05) is 54.2 Å². The van der Waals surface area contributed by atoms with Crippen LogP contribution >= 0.6 is 11.8 Å². The summed E-state index contributed by atoms with van der Waals surface area (Å²) in [5.74, 6) is 0.0314. The van der Waals surface area contributed by atoms with Crippen molar-refractivity contribution in [1.82, 2.24) is 14.5 Å². The molecule has 2 aromatic carbocycles. The second-order valence-electron chi connectivity index (χ2n) is 7.10. The van der Waals surface area contributed by atoms with Gasteiger partial charge in [-0.2, -0.15) is 0 Å². The molecule has 0 N–H and O–H groups in total. The van der Waals surface area contributed by atoms with Crippen LogP contribution in [0.15, 0.2) is 64.5 Å². The fraction of sp³-hybridized carbons (Fsp3) is 0.348. The Morgan fingerprint density at radius 1 is 1.03 bits per heavy atom. The van der Waals surface area contributed by atoms with Gasteiger partial charge in [0.15, 0.2) is 5.16 Å². The first-order valence-electron chi connectivity index (χ1n) is 9.99. The average molecular weight is 410 g/mol. The highest BCUT2D eigenvalue weighted by molar-refractivity contribution is 8.00. The summed E-state index contributed by atoms with van der Waals surface area (Å²) < 4.78 is 1.69. The number of carbonyl (C=O) groups excluding carboxylic acids is 1. The monoisotopic (exact) mass is 409 g/mol. The van der Waals surface area contributed by atoms with Crippen LogP contribution in [0.2, 0.25) is 0 Å².